The van der Waals surface area contributed by atoms with Gasteiger partial charge in [0.1, 0.15) is 23.3 Å². The number of benzene rings is 1. The molecule has 3 aromatic rings. The molecule has 7 heteroatoms. The quantitative estimate of drug-likeness (QED) is 0.353. The summed E-state index contributed by atoms with van der Waals surface area (Å²) >= 11 is 0. The first kappa shape index (κ1) is 20.4. The molecule has 0 saturated carbocycles. The largest absolute Gasteiger partial charge is 0.507 e. The van der Waals surface area contributed by atoms with E-state index in [0.717, 1.165) is 6.42 Å². The topological polar surface area (TPSA) is 92.9 Å². The van der Waals surface area contributed by atoms with Crippen LogP contribution in [0.1, 0.15) is 36.4 Å². The fourth-order valence-electron chi connectivity index (χ4n) is 3.54. The Morgan fingerprint density at radius 2 is 1.94 bits per heavy atom. The van der Waals surface area contributed by atoms with Gasteiger partial charge in [0.2, 0.25) is 0 Å². The van der Waals surface area contributed by atoms with Crippen LogP contribution >= 0.6 is 0 Å². The number of amides is 1. The molecule has 1 N–H and O–H groups in total. The van der Waals surface area contributed by atoms with E-state index >= 15 is 0 Å². The Labute approximate surface area is 179 Å². The predicted molar refractivity (Wildman–Crippen MR) is 113 cm³/mol. The van der Waals surface area contributed by atoms with Gasteiger partial charge in [0, 0.05) is 11.8 Å². The van der Waals surface area contributed by atoms with Crippen molar-refractivity contribution in [2.45, 2.75) is 25.9 Å². The summed E-state index contributed by atoms with van der Waals surface area (Å²) < 4.78 is 11.1. The third-order valence-corrected chi connectivity index (χ3v) is 5.01. The van der Waals surface area contributed by atoms with Crippen molar-refractivity contribution in [3.8, 4) is 5.75 Å². The molecule has 1 atom stereocenters. The number of carbonyl (C=O) groups excluding carboxylic acids is 2. The van der Waals surface area contributed by atoms with Crippen molar-refractivity contribution in [1.82, 2.24) is 9.88 Å². The number of ketones is 1. The van der Waals surface area contributed by atoms with E-state index in [2.05, 4.69) is 4.98 Å². The van der Waals surface area contributed by atoms with Crippen molar-refractivity contribution in [3.05, 3.63) is 89.6 Å². The van der Waals surface area contributed by atoms with Gasteiger partial charge in [0.15, 0.2) is 0 Å². The molecule has 1 aromatic carbocycles. The summed E-state index contributed by atoms with van der Waals surface area (Å²) in [6.45, 7) is 2.71. The van der Waals surface area contributed by atoms with E-state index in [-0.39, 0.29) is 17.9 Å². The van der Waals surface area contributed by atoms with Crippen LogP contribution in [0.15, 0.2) is 77.0 Å². The highest BCUT2D eigenvalue weighted by atomic mass is 16.5. The zero-order valence-corrected chi connectivity index (χ0v) is 17.0. The number of rotatable bonds is 7. The van der Waals surface area contributed by atoms with Gasteiger partial charge in [-0.3, -0.25) is 14.6 Å². The standard InChI is InChI=1S/C24H22N2O5/c1-2-13-30-18-10-8-16(9-11-18)22(27)20-21(19-7-5-14-31-19)26(24(29)23(20)28)15-17-6-3-4-12-25-17/h3-12,14,21,27H,2,13,15H2,1H3/b22-20-. The first-order valence-electron chi connectivity index (χ1n) is 10.0. The van der Waals surface area contributed by atoms with Gasteiger partial charge in [-0.25, -0.2) is 0 Å². The number of nitrogens with zero attached hydrogens (tertiary/aromatic N) is 2. The predicted octanol–water partition coefficient (Wildman–Crippen LogP) is 4.09. The van der Waals surface area contributed by atoms with E-state index in [0.29, 0.717) is 29.4 Å². The Morgan fingerprint density at radius 1 is 1.13 bits per heavy atom. The lowest BCUT2D eigenvalue weighted by Gasteiger charge is -2.22. The molecule has 1 aliphatic heterocycles. The van der Waals surface area contributed by atoms with E-state index in [9.17, 15) is 14.7 Å². The number of aliphatic hydroxyl groups is 1. The van der Waals surface area contributed by atoms with E-state index in [4.69, 9.17) is 9.15 Å². The molecular weight excluding hydrogens is 396 g/mol. The first-order valence-corrected chi connectivity index (χ1v) is 10.0. The van der Waals surface area contributed by atoms with Crippen molar-refractivity contribution in [3.63, 3.8) is 0 Å². The number of aliphatic hydroxyl groups excluding tert-OH is 1. The molecule has 158 valence electrons. The lowest BCUT2D eigenvalue weighted by atomic mass is 9.99. The fraction of sp³-hybridized carbons (Fsp3) is 0.208. The number of ether oxygens (including phenoxy) is 1. The van der Waals surface area contributed by atoms with Crippen LogP contribution in [0.2, 0.25) is 0 Å². The summed E-state index contributed by atoms with van der Waals surface area (Å²) in [5.74, 6) is -0.681. The summed E-state index contributed by atoms with van der Waals surface area (Å²) in [5.41, 5.74) is 1.02. The first-order chi connectivity index (χ1) is 15.1. The smallest absolute Gasteiger partial charge is 0.296 e. The molecule has 3 heterocycles. The third kappa shape index (κ3) is 4.07. The number of carbonyl (C=O) groups is 2. The van der Waals surface area contributed by atoms with E-state index < -0.39 is 17.7 Å². The Kier molecular flexibility index (Phi) is 5.84. The van der Waals surface area contributed by atoms with Crippen LogP contribution in [0.25, 0.3) is 5.76 Å². The van der Waals surface area contributed by atoms with Gasteiger partial charge in [0.25, 0.3) is 11.7 Å². The van der Waals surface area contributed by atoms with Crippen LogP contribution in [0.4, 0.5) is 0 Å². The molecule has 31 heavy (non-hydrogen) atoms. The minimum Gasteiger partial charge on any atom is -0.507 e. The average molecular weight is 418 g/mol. The van der Waals surface area contributed by atoms with Crippen LogP contribution in [0.5, 0.6) is 5.75 Å². The Hall–Kier alpha value is -3.87. The van der Waals surface area contributed by atoms with Crippen molar-refractivity contribution < 1.29 is 23.8 Å². The molecular formula is C24H22N2O5. The average Bonchev–Trinajstić information content (AvgIpc) is 3.41. The van der Waals surface area contributed by atoms with Crippen molar-refractivity contribution >= 4 is 17.4 Å². The van der Waals surface area contributed by atoms with E-state index in [1.807, 2.05) is 13.0 Å². The molecule has 7 nitrogen and oxygen atoms in total. The molecule has 0 bridgehead atoms. The summed E-state index contributed by atoms with van der Waals surface area (Å²) in [5, 5.41) is 11.0. The molecule has 1 aliphatic rings. The maximum atomic E-state index is 12.9. The number of pyridine rings is 1. The van der Waals surface area contributed by atoms with Crippen LogP contribution in [-0.4, -0.2) is 33.3 Å². The molecule has 2 aromatic heterocycles. The molecule has 0 radical (unpaired) electrons. The Bertz CT molecular complexity index is 1090. The van der Waals surface area contributed by atoms with E-state index in [1.54, 1.807) is 54.7 Å². The molecule has 1 fully saturated rings. The summed E-state index contributed by atoms with van der Waals surface area (Å²) in [6.07, 6.45) is 3.97. The second-order valence-corrected chi connectivity index (χ2v) is 7.14. The van der Waals surface area contributed by atoms with Gasteiger partial charge in [-0.05, 0) is 55.0 Å². The Morgan fingerprint density at radius 3 is 2.58 bits per heavy atom. The van der Waals surface area contributed by atoms with Gasteiger partial charge in [-0.15, -0.1) is 0 Å². The summed E-state index contributed by atoms with van der Waals surface area (Å²) in [6, 6.07) is 14.6. The highest BCUT2D eigenvalue weighted by molar-refractivity contribution is 6.46. The second-order valence-electron chi connectivity index (χ2n) is 7.14. The molecule has 4 rings (SSSR count). The third-order valence-electron chi connectivity index (χ3n) is 5.01. The number of aromatic nitrogens is 1. The summed E-state index contributed by atoms with van der Waals surface area (Å²) in [4.78, 5) is 31.4. The van der Waals surface area contributed by atoms with Gasteiger partial charge < -0.3 is 19.2 Å². The molecule has 0 spiro atoms. The second kappa shape index (κ2) is 8.87. The summed E-state index contributed by atoms with van der Waals surface area (Å²) in [7, 11) is 0. The van der Waals surface area contributed by atoms with Crippen LogP contribution < -0.4 is 4.74 Å². The molecule has 0 aliphatic carbocycles. The van der Waals surface area contributed by atoms with Crippen LogP contribution in [0.3, 0.4) is 0 Å². The van der Waals surface area contributed by atoms with Gasteiger partial charge >= 0.3 is 0 Å². The maximum Gasteiger partial charge on any atom is 0.296 e. The molecule has 1 saturated heterocycles. The van der Waals surface area contributed by atoms with Gasteiger partial charge in [-0.1, -0.05) is 13.0 Å². The zero-order chi connectivity index (χ0) is 21.8. The highest BCUT2D eigenvalue weighted by Crippen LogP contribution is 2.40. The number of Topliss-reactive ketones (excluding diaryl/α,β-unsaturated/α-hetero) is 1. The maximum absolute atomic E-state index is 12.9. The molecule has 1 unspecified atom stereocenters. The Balaban J connectivity index is 1.74. The van der Waals surface area contributed by atoms with Crippen LogP contribution in [0, 0.1) is 0 Å². The van der Waals surface area contributed by atoms with E-state index in [1.165, 1.54) is 11.2 Å². The minimum atomic E-state index is -0.854. The highest BCUT2D eigenvalue weighted by Gasteiger charge is 2.47. The van der Waals surface area contributed by atoms with Gasteiger partial charge in [0.05, 0.1) is 30.7 Å². The lowest BCUT2D eigenvalue weighted by Crippen LogP contribution is -2.29. The van der Waals surface area contributed by atoms with Crippen molar-refractivity contribution in [2.24, 2.45) is 0 Å². The number of hydrogen-bond donors (Lipinski definition) is 1. The van der Waals surface area contributed by atoms with Gasteiger partial charge in [-0.2, -0.15) is 0 Å². The van der Waals surface area contributed by atoms with Crippen molar-refractivity contribution in [1.29, 1.82) is 0 Å². The van der Waals surface area contributed by atoms with Crippen LogP contribution in [-0.2, 0) is 16.1 Å². The SMILES string of the molecule is CCCOc1ccc(/C(O)=C2/C(=O)C(=O)N(Cc3ccccn3)C2c2ccco2)cc1. The zero-order valence-electron chi connectivity index (χ0n) is 17.0. The minimum absolute atomic E-state index is 0.0156. The number of hydrogen-bond acceptors (Lipinski definition) is 6. The fourth-order valence-corrected chi connectivity index (χ4v) is 3.54. The molecule has 1 amide bonds. The lowest BCUT2D eigenvalue weighted by molar-refractivity contribution is -0.140. The normalized spacial score (nSPS) is 17.8. The van der Waals surface area contributed by atoms with Crippen molar-refractivity contribution in [2.75, 3.05) is 6.61 Å². The number of furan rings is 1. The number of likely N-dealkylation sites (tertiary alicyclic amines) is 1. The monoisotopic (exact) mass is 418 g/mol.